The van der Waals surface area contributed by atoms with Gasteiger partial charge in [-0.1, -0.05) is 30.3 Å². The van der Waals surface area contributed by atoms with Crippen molar-refractivity contribution in [2.24, 2.45) is 0 Å². The van der Waals surface area contributed by atoms with Gasteiger partial charge >= 0.3 is 0 Å². The predicted octanol–water partition coefficient (Wildman–Crippen LogP) is 3.63. The second kappa shape index (κ2) is 6.48. The number of aromatic amines is 1. The lowest BCUT2D eigenvalue weighted by Crippen LogP contribution is -2.12. The molecule has 1 heterocycles. The molecule has 0 amide bonds. The monoisotopic (exact) mass is 293 g/mol. The van der Waals surface area contributed by atoms with Gasteiger partial charge in [0.1, 0.15) is 5.75 Å². The van der Waals surface area contributed by atoms with Crippen LogP contribution in [0.4, 0.5) is 5.69 Å². The van der Waals surface area contributed by atoms with Crippen LogP contribution in [-0.4, -0.2) is 13.7 Å². The van der Waals surface area contributed by atoms with Crippen molar-refractivity contribution in [1.82, 2.24) is 0 Å². The molecule has 0 spiro atoms. The molecule has 1 aromatic heterocycles. The van der Waals surface area contributed by atoms with Crippen molar-refractivity contribution < 1.29 is 9.72 Å². The molecule has 2 N–H and O–H groups in total. The number of nitrogens with one attached hydrogen (secondary N) is 2. The van der Waals surface area contributed by atoms with Crippen molar-refractivity contribution in [3.05, 3.63) is 65.9 Å². The van der Waals surface area contributed by atoms with Gasteiger partial charge in [0.25, 0.3) is 0 Å². The molecule has 0 saturated carbocycles. The predicted molar refractivity (Wildman–Crippen MR) is 90.4 cm³/mol. The first kappa shape index (κ1) is 14.4. The van der Waals surface area contributed by atoms with Gasteiger partial charge in [0.05, 0.1) is 18.2 Å². The Morgan fingerprint density at radius 3 is 2.64 bits per heavy atom. The highest BCUT2D eigenvalue weighted by Gasteiger charge is 2.10. The van der Waals surface area contributed by atoms with Gasteiger partial charge in [0.15, 0.2) is 5.69 Å². The number of fused-ring (bicyclic) bond motifs is 1. The summed E-state index contributed by atoms with van der Waals surface area (Å²) in [6.45, 7) is 2.98. The molecule has 2 aromatic carbocycles. The highest BCUT2D eigenvalue weighted by atomic mass is 16.5. The zero-order valence-corrected chi connectivity index (χ0v) is 13.0. The molecular formula is C19H21N2O+. The molecule has 3 rings (SSSR count). The largest absolute Gasteiger partial charge is 0.497 e. The van der Waals surface area contributed by atoms with Gasteiger partial charge in [-0.2, -0.15) is 0 Å². The Bertz CT molecular complexity index is 769. The van der Waals surface area contributed by atoms with E-state index >= 15 is 0 Å². The minimum atomic E-state index is 0.871. The number of pyridine rings is 1. The summed E-state index contributed by atoms with van der Waals surface area (Å²) in [5.41, 5.74) is 4.74. The average molecular weight is 293 g/mol. The molecule has 0 aliphatic heterocycles. The van der Waals surface area contributed by atoms with Crippen LogP contribution >= 0.6 is 0 Å². The van der Waals surface area contributed by atoms with Gasteiger partial charge in [-0.05, 0) is 24.1 Å². The van der Waals surface area contributed by atoms with Crippen LogP contribution < -0.4 is 15.0 Å². The van der Waals surface area contributed by atoms with Gasteiger partial charge in [0.2, 0.25) is 5.52 Å². The number of H-pyrrole nitrogens is 1. The van der Waals surface area contributed by atoms with Gasteiger partial charge < -0.3 is 10.1 Å². The van der Waals surface area contributed by atoms with E-state index in [1.54, 1.807) is 7.11 Å². The zero-order chi connectivity index (χ0) is 15.4. The van der Waals surface area contributed by atoms with Crippen LogP contribution in [0.5, 0.6) is 5.75 Å². The first-order valence-corrected chi connectivity index (χ1v) is 7.55. The lowest BCUT2D eigenvalue weighted by Gasteiger charge is -2.09. The van der Waals surface area contributed by atoms with Crippen molar-refractivity contribution in [2.75, 3.05) is 19.0 Å². The molecule has 3 nitrogen and oxygen atoms in total. The van der Waals surface area contributed by atoms with E-state index in [2.05, 4.69) is 59.7 Å². The summed E-state index contributed by atoms with van der Waals surface area (Å²) in [7, 11) is 1.70. The third-order valence-electron chi connectivity index (χ3n) is 3.78. The van der Waals surface area contributed by atoms with Crippen LogP contribution in [0.1, 0.15) is 11.3 Å². The Hall–Kier alpha value is -2.55. The highest BCUT2D eigenvalue weighted by Crippen LogP contribution is 2.25. The fraction of sp³-hybridized carbons (Fsp3) is 0.211. The van der Waals surface area contributed by atoms with Crippen LogP contribution in [-0.2, 0) is 6.42 Å². The number of methoxy groups -OCH3 is 1. The summed E-state index contributed by atoms with van der Waals surface area (Å²) < 4.78 is 5.34. The molecule has 0 saturated heterocycles. The van der Waals surface area contributed by atoms with Gasteiger partial charge in [-0.15, -0.1) is 0 Å². The smallest absolute Gasteiger partial charge is 0.213 e. The SMILES string of the molecule is COc1ccc2[nH+]c(C)cc(NCCc3ccccc3)c2c1. The number of benzene rings is 2. The summed E-state index contributed by atoms with van der Waals surface area (Å²) >= 11 is 0. The number of anilines is 1. The molecule has 3 aromatic rings. The maximum absolute atomic E-state index is 5.34. The van der Waals surface area contributed by atoms with E-state index in [1.165, 1.54) is 5.56 Å². The number of ether oxygens (including phenoxy) is 1. The van der Waals surface area contributed by atoms with Crippen LogP contribution in [0, 0.1) is 6.92 Å². The van der Waals surface area contributed by atoms with Crippen molar-refractivity contribution >= 4 is 16.6 Å². The molecule has 22 heavy (non-hydrogen) atoms. The van der Waals surface area contributed by atoms with E-state index < -0.39 is 0 Å². The molecule has 0 aliphatic rings. The quantitative estimate of drug-likeness (QED) is 0.779. The lowest BCUT2D eigenvalue weighted by molar-refractivity contribution is -0.354. The molecule has 0 fully saturated rings. The molecule has 0 aliphatic carbocycles. The Morgan fingerprint density at radius 2 is 1.86 bits per heavy atom. The Labute approximate surface area is 131 Å². The third-order valence-corrected chi connectivity index (χ3v) is 3.78. The molecular weight excluding hydrogens is 272 g/mol. The van der Waals surface area contributed by atoms with Gasteiger partial charge in [-0.25, -0.2) is 4.98 Å². The fourth-order valence-electron chi connectivity index (χ4n) is 2.66. The summed E-state index contributed by atoms with van der Waals surface area (Å²) in [4.78, 5) is 3.39. The number of hydrogen-bond acceptors (Lipinski definition) is 2. The minimum Gasteiger partial charge on any atom is -0.497 e. The van der Waals surface area contributed by atoms with E-state index in [-0.39, 0.29) is 0 Å². The average Bonchev–Trinajstić information content (AvgIpc) is 2.55. The maximum Gasteiger partial charge on any atom is 0.213 e. The molecule has 0 bridgehead atoms. The number of rotatable bonds is 5. The first-order chi connectivity index (χ1) is 10.8. The minimum absolute atomic E-state index is 0.871. The molecule has 112 valence electrons. The maximum atomic E-state index is 5.34. The van der Waals surface area contributed by atoms with Crippen LogP contribution in [0.2, 0.25) is 0 Å². The van der Waals surface area contributed by atoms with E-state index in [0.717, 1.165) is 41.0 Å². The van der Waals surface area contributed by atoms with Gasteiger partial charge in [0, 0.05) is 25.6 Å². The lowest BCUT2D eigenvalue weighted by atomic mass is 10.1. The highest BCUT2D eigenvalue weighted by molar-refractivity contribution is 5.90. The van der Waals surface area contributed by atoms with Crippen molar-refractivity contribution in [2.45, 2.75) is 13.3 Å². The Balaban J connectivity index is 1.82. The first-order valence-electron chi connectivity index (χ1n) is 7.55. The van der Waals surface area contributed by atoms with Crippen LogP contribution in [0.25, 0.3) is 10.9 Å². The number of aryl methyl sites for hydroxylation is 1. The normalized spacial score (nSPS) is 10.6. The standard InChI is InChI=1S/C19H20N2O/c1-14-12-19(20-11-10-15-6-4-3-5-7-15)17-13-16(22-2)8-9-18(17)21-14/h3-9,12-13H,10-11H2,1-2H3,(H,20,21)/p+1. The Morgan fingerprint density at radius 1 is 1.05 bits per heavy atom. The number of hydrogen-bond donors (Lipinski definition) is 1. The van der Waals surface area contributed by atoms with Crippen molar-refractivity contribution in [1.29, 1.82) is 0 Å². The molecule has 0 unspecified atom stereocenters. The zero-order valence-electron chi connectivity index (χ0n) is 13.0. The summed E-state index contributed by atoms with van der Waals surface area (Å²) in [6.07, 6.45) is 1.00. The van der Waals surface area contributed by atoms with E-state index in [4.69, 9.17) is 4.74 Å². The summed E-state index contributed by atoms with van der Waals surface area (Å²) in [5, 5.41) is 4.70. The van der Waals surface area contributed by atoms with E-state index in [0.29, 0.717) is 0 Å². The summed E-state index contributed by atoms with van der Waals surface area (Å²) in [6, 6.07) is 18.8. The fourth-order valence-corrected chi connectivity index (χ4v) is 2.66. The molecule has 0 atom stereocenters. The Kier molecular flexibility index (Phi) is 4.24. The van der Waals surface area contributed by atoms with E-state index in [9.17, 15) is 0 Å². The van der Waals surface area contributed by atoms with Crippen LogP contribution in [0.3, 0.4) is 0 Å². The number of aromatic nitrogens is 1. The summed E-state index contributed by atoms with van der Waals surface area (Å²) in [5.74, 6) is 0.871. The van der Waals surface area contributed by atoms with Gasteiger partial charge in [-0.3, -0.25) is 0 Å². The molecule has 0 radical (unpaired) electrons. The van der Waals surface area contributed by atoms with Crippen molar-refractivity contribution in [3.63, 3.8) is 0 Å². The topological polar surface area (TPSA) is 35.4 Å². The molecule has 3 heteroatoms. The third kappa shape index (κ3) is 3.19. The second-order valence-electron chi connectivity index (χ2n) is 5.44. The van der Waals surface area contributed by atoms with Crippen molar-refractivity contribution in [3.8, 4) is 5.75 Å². The van der Waals surface area contributed by atoms with E-state index in [1.807, 2.05) is 12.1 Å². The second-order valence-corrected chi connectivity index (χ2v) is 5.44. The van der Waals surface area contributed by atoms with Crippen LogP contribution in [0.15, 0.2) is 54.6 Å².